The van der Waals surface area contributed by atoms with E-state index in [9.17, 15) is 9.59 Å². The summed E-state index contributed by atoms with van der Waals surface area (Å²) < 4.78 is 10.8. The molecule has 4 rings (SSSR count). The quantitative estimate of drug-likeness (QED) is 0.581. The predicted molar refractivity (Wildman–Crippen MR) is 113 cm³/mol. The van der Waals surface area contributed by atoms with Gasteiger partial charge in [0.2, 0.25) is 0 Å². The van der Waals surface area contributed by atoms with Gasteiger partial charge in [0.05, 0.1) is 31.8 Å². The van der Waals surface area contributed by atoms with Gasteiger partial charge in [0.1, 0.15) is 17.5 Å². The number of urea groups is 1. The molecule has 31 heavy (non-hydrogen) atoms. The number of benzene rings is 2. The van der Waals surface area contributed by atoms with Crippen molar-refractivity contribution < 1.29 is 24.2 Å². The number of rotatable bonds is 5. The Kier molecular flexibility index (Phi) is 5.48. The molecule has 0 radical (unpaired) electrons. The van der Waals surface area contributed by atoms with Gasteiger partial charge in [-0.1, -0.05) is 0 Å². The smallest absolute Gasteiger partial charge is 0.335 e. The monoisotopic (exact) mass is 422 g/mol. The minimum absolute atomic E-state index is 0.151. The number of nitrogens with zero attached hydrogens (tertiary/aromatic N) is 2. The highest BCUT2D eigenvalue weighted by atomic mass is 16.5. The average Bonchev–Trinajstić information content (AvgIpc) is 3.27. The van der Waals surface area contributed by atoms with Crippen LogP contribution in [0, 0.1) is 0 Å². The molecule has 3 aromatic rings. The molecular formula is C22H22N4O5. The van der Waals surface area contributed by atoms with Gasteiger partial charge >= 0.3 is 12.0 Å². The van der Waals surface area contributed by atoms with Crippen LogP contribution in [0.15, 0.2) is 48.8 Å². The highest BCUT2D eigenvalue weighted by Crippen LogP contribution is 2.37. The Hall–Kier alpha value is -4.01. The number of ether oxygens (including phenoxy) is 2. The summed E-state index contributed by atoms with van der Waals surface area (Å²) in [5.41, 5.74) is 3.20. The van der Waals surface area contributed by atoms with Crippen LogP contribution in [0.25, 0.3) is 0 Å². The number of aromatic carboxylic acids is 1. The first-order valence-corrected chi connectivity index (χ1v) is 9.66. The van der Waals surface area contributed by atoms with E-state index in [1.54, 1.807) is 43.6 Å². The number of aromatic nitrogens is 2. The summed E-state index contributed by atoms with van der Waals surface area (Å²) in [6.07, 6.45) is 2.26. The number of fused-ring (bicyclic) bond motifs is 1. The predicted octanol–water partition coefficient (Wildman–Crippen LogP) is 3.30. The zero-order valence-corrected chi connectivity index (χ0v) is 17.1. The second-order valence-electron chi connectivity index (χ2n) is 7.07. The van der Waals surface area contributed by atoms with E-state index in [1.807, 2.05) is 12.1 Å². The SMILES string of the molecule is COc1cc(OC)cc([C@H]2c3nc[nH]c3CCN2C(=O)Nc2ccc(C(=O)O)cc2)c1. The van der Waals surface area contributed by atoms with Crippen molar-refractivity contribution in [2.75, 3.05) is 26.1 Å². The van der Waals surface area contributed by atoms with Crippen molar-refractivity contribution in [1.82, 2.24) is 14.9 Å². The summed E-state index contributed by atoms with van der Waals surface area (Å²) in [5.74, 6) is 0.204. The third-order valence-corrected chi connectivity index (χ3v) is 5.26. The molecule has 0 bridgehead atoms. The first-order chi connectivity index (χ1) is 15.0. The average molecular weight is 422 g/mol. The van der Waals surface area contributed by atoms with Crippen molar-refractivity contribution in [3.8, 4) is 11.5 Å². The maximum absolute atomic E-state index is 13.2. The molecule has 1 aromatic heterocycles. The fourth-order valence-electron chi connectivity index (χ4n) is 3.71. The third-order valence-electron chi connectivity index (χ3n) is 5.26. The largest absolute Gasteiger partial charge is 0.497 e. The summed E-state index contributed by atoms with van der Waals surface area (Å²) in [4.78, 5) is 33.6. The first kappa shape index (κ1) is 20.3. The number of carboxylic acids is 1. The van der Waals surface area contributed by atoms with Gasteiger partial charge in [-0.2, -0.15) is 0 Å². The Morgan fingerprint density at radius 2 is 1.81 bits per heavy atom. The fourth-order valence-corrected chi connectivity index (χ4v) is 3.71. The molecule has 9 nitrogen and oxygen atoms in total. The molecule has 2 amide bonds. The van der Waals surface area contributed by atoms with Gasteiger partial charge in [0, 0.05) is 30.4 Å². The zero-order valence-electron chi connectivity index (χ0n) is 17.1. The van der Waals surface area contributed by atoms with Crippen LogP contribution in [0.1, 0.15) is 33.4 Å². The van der Waals surface area contributed by atoms with Crippen molar-refractivity contribution in [2.45, 2.75) is 12.5 Å². The molecular weight excluding hydrogens is 400 g/mol. The van der Waals surface area contributed by atoms with Gasteiger partial charge in [-0.15, -0.1) is 0 Å². The minimum atomic E-state index is -1.02. The molecule has 1 aliphatic heterocycles. The van der Waals surface area contributed by atoms with Gasteiger partial charge in [-0.05, 0) is 42.0 Å². The zero-order chi connectivity index (χ0) is 22.0. The number of H-pyrrole nitrogens is 1. The first-order valence-electron chi connectivity index (χ1n) is 9.66. The number of hydrogen-bond acceptors (Lipinski definition) is 5. The molecule has 1 atom stereocenters. The van der Waals surface area contributed by atoms with E-state index in [2.05, 4.69) is 15.3 Å². The van der Waals surface area contributed by atoms with Crippen molar-refractivity contribution in [3.05, 3.63) is 71.3 Å². The molecule has 0 aliphatic carbocycles. The Labute approximate surface area is 178 Å². The van der Waals surface area contributed by atoms with Crippen molar-refractivity contribution >= 4 is 17.7 Å². The van der Waals surface area contributed by atoms with Gasteiger partial charge in [-0.3, -0.25) is 0 Å². The summed E-state index contributed by atoms with van der Waals surface area (Å²) in [5, 5.41) is 11.9. The van der Waals surface area contributed by atoms with Crippen LogP contribution in [0.4, 0.5) is 10.5 Å². The Morgan fingerprint density at radius 1 is 1.13 bits per heavy atom. The molecule has 0 unspecified atom stereocenters. The number of anilines is 1. The molecule has 9 heteroatoms. The lowest BCUT2D eigenvalue weighted by Gasteiger charge is -2.35. The number of carboxylic acid groups (broad SMARTS) is 1. The van der Waals surface area contributed by atoms with E-state index in [0.29, 0.717) is 30.2 Å². The number of aromatic amines is 1. The molecule has 1 aliphatic rings. The second-order valence-corrected chi connectivity index (χ2v) is 7.07. The van der Waals surface area contributed by atoms with Crippen molar-refractivity contribution in [2.24, 2.45) is 0 Å². The summed E-state index contributed by atoms with van der Waals surface area (Å²) in [7, 11) is 3.15. The lowest BCUT2D eigenvalue weighted by Crippen LogP contribution is -2.43. The molecule has 160 valence electrons. The Balaban J connectivity index is 1.67. The topological polar surface area (TPSA) is 117 Å². The molecule has 2 aromatic carbocycles. The van der Waals surface area contributed by atoms with Gasteiger partial charge in [0.25, 0.3) is 0 Å². The third kappa shape index (κ3) is 4.02. The normalized spacial score (nSPS) is 15.2. The van der Waals surface area contributed by atoms with Crippen molar-refractivity contribution in [3.63, 3.8) is 0 Å². The summed E-state index contributed by atoms with van der Waals surface area (Å²) in [6, 6.07) is 10.8. The number of carbonyl (C=O) groups excluding carboxylic acids is 1. The standard InChI is InChI=1S/C22H22N4O5/c1-30-16-9-14(10-17(11-16)31-2)20-19-18(23-12-24-19)7-8-26(20)22(29)25-15-5-3-13(4-6-15)21(27)28/h3-6,9-12,20H,7-8H2,1-2H3,(H,23,24)(H,25,29)(H,27,28)/t20-/m0/s1. The fraction of sp³-hybridized carbons (Fsp3) is 0.227. The summed E-state index contributed by atoms with van der Waals surface area (Å²) in [6.45, 7) is 0.471. The minimum Gasteiger partial charge on any atom is -0.497 e. The van der Waals surface area contributed by atoms with Crippen LogP contribution in [0.3, 0.4) is 0 Å². The van der Waals surface area contributed by atoms with Crippen LogP contribution < -0.4 is 14.8 Å². The van der Waals surface area contributed by atoms with Crippen LogP contribution >= 0.6 is 0 Å². The van der Waals surface area contributed by atoms with Crippen LogP contribution in [-0.2, 0) is 6.42 Å². The highest BCUT2D eigenvalue weighted by Gasteiger charge is 2.34. The maximum Gasteiger partial charge on any atom is 0.335 e. The maximum atomic E-state index is 13.2. The Morgan fingerprint density at radius 3 is 2.42 bits per heavy atom. The number of amides is 2. The molecule has 0 saturated carbocycles. The van der Waals surface area contributed by atoms with Gasteiger partial charge in [-0.25, -0.2) is 14.6 Å². The number of nitrogens with one attached hydrogen (secondary N) is 2. The van der Waals surface area contributed by atoms with Crippen molar-refractivity contribution in [1.29, 1.82) is 0 Å². The summed E-state index contributed by atoms with van der Waals surface area (Å²) >= 11 is 0. The molecule has 0 saturated heterocycles. The number of methoxy groups -OCH3 is 2. The van der Waals surface area contributed by atoms with Gasteiger partial charge in [0.15, 0.2) is 0 Å². The molecule has 0 spiro atoms. The lowest BCUT2D eigenvalue weighted by atomic mass is 9.95. The number of imidazole rings is 1. The van der Waals surface area contributed by atoms with E-state index in [-0.39, 0.29) is 11.6 Å². The molecule has 3 N–H and O–H groups in total. The van der Waals surface area contributed by atoms with Crippen LogP contribution in [-0.4, -0.2) is 52.7 Å². The van der Waals surface area contributed by atoms with E-state index in [4.69, 9.17) is 14.6 Å². The molecule has 2 heterocycles. The van der Waals surface area contributed by atoms with E-state index >= 15 is 0 Å². The molecule has 0 fully saturated rings. The lowest BCUT2D eigenvalue weighted by molar-refractivity contribution is 0.0697. The van der Waals surface area contributed by atoms with Crippen LogP contribution in [0.2, 0.25) is 0 Å². The van der Waals surface area contributed by atoms with E-state index in [1.165, 1.54) is 12.1 Å². The second kappa shape index (κ2) is 8.39. The Bertz CT molecular complexity index is 1090. The van der Waals surface area contributed by atoms with E-state index < -0.39 is 12.0 Å². The number of carbonyl (C=O) groups is 2. The van der Waals surface area contributed by atoms with Crippen LogP contribution in [0.5, 0.6) is 11.5 Å². The van der Waals surface area contributed by atoms with Gasteiger partial charge < -0.3 is 29.8 Å². The number of hydrogen-bond donors (Lipinski definition) is 3. The highest BCUT2D eigenvalue weighted by molar-refractivity contribution is 5.92. The van der Waals surface area contributed by atoms with E-state index in [0.717, 1.165) is 17.0 Å².